The zero-order valence-corrected chi connectivity index (χ0v) is 12.0. The van der Waals surface area contributed by atoms with E-state index in [2.05, 4.69) is 36.3 Å². The first-order valence-corrected chi connectivity index (χ1v) is 7.13. The Labute approximate surface area is 119 Å². The van der Waals surface area contributed by atoms with Gasteiger partial charge in [0.15, 0.2) is 5.75 Å². The summed E-state index contributed by atoms with van der Waals surface area (Å²) in [5.41, 5.74) is 9.00. The molecule has 0 bridgehead atoms. The van der Waals surface area contributed by atoms with Crippen molar-refractivity contribution in [1.29, 1.82) is 0 Å². The normalized spacial score (nSPS) is 17.8. The van der Waals surface area contributed by atoms with Crippen molar-refractivity contribution >= 4 is 0 Å². The molecule has 3 rings (SSSR count). The van der Waals surface area contributed by atoms with Crippen LogP contribution >= 0.6 is 0 Å². The SMILES string of the molecule is CCn1ncc(OC)c1C(N)C1(c2ccccc2)CC1. The quantitative estimate of drug-likeness (QED) is 0.909. The minimum Gasteiger partial charge on any atom is -0.493 e. The van der Waals surface area contributed by atoms with E-state index in [4.69, 9.17) is 10.5 Å². The summed E-state index contributed by atoms with van der Waals surface area (Å²) in [6.45, 7) is 2.88. The van der Waals surface area contributed by atoms with Gasteiger partial charge in [0.05, 0.1) is 25.0 Å². The first kappa shape index (κ1) is 13.2. The van der Waals surface area contributed by atoms with Gasteiger partial charge in [-0.2, -0.15) is 5.10 Å². The zero-order chi connectivity index (χ0) is 14.2. The summed E-state index contributed by atoms with van der Waals surface area (Å²) >= 11 is 0. The van der Waals surface area contributed by atoms with Crippen LogP contribution in [0, 0.1) is 0 Å². The molecule has 2 aromatic rings. The molecular formula is C16H21N3O. The monoisotopic (exact) mass is 271 g/mol. The molecule has 1 heterocycles. The molecule has 4 heteroatoms. The third-order valence-electron chi connectivity index (χ3n) is 4.39. The van der Waals surface area contributed by atoms with Gasteiger partial charge in [0.1, 0.15) is 0 Å². The summed E-state index contributed by atoms with van der Waals surface area (Å²) < 4.78 is 7.40. The van der Waals surface area contributed by atoms with Gasteiger partial charge < -0.3 is 10.5 Å². The van der Waals surface area contributed by atoms with Gasteiger partial charge in [0, 0.05) is 12.0 Å². The van der Waals surface area contributed by atoms with Crippen molar-refractivity contribution in [3.05, 3.63) is 47.8 Å². The lowest BCUT2D eigenvalue weighted by atomic mass is 9.86. The molecule has 106 valence electrons. The fourth-order valence-electron chi connectivity index (χ4n) is 3.05. The molecular weight excluding hydrogens is 250 g/mol. The van der Waals surface area contributed by atoms with E-state index in [1.807, 2.05) is 10.7 Å². The topological polar surface area (TPSA) is 53.1 Å². The van der Waals surface area contributed by atoms with Crippen LogP contribution in [-0.2, 0) is 12.0 Å². The molecule has 1 fully saturated rings. The van der Waals surface area contributed by atoms with E-state index in [1.165, 1.54) is 5.56 Å². The average Bonchev–Trinajstić information content (AvgIpc) is 3.21. The Morgan fingerprint density at radius 2 is 2.05 bits per heavy atom. The van der Waals surface area contributed by atoms with Crippen molar-refractivity contribution in [1.82, 2.24) is 9.78 Å². The Kier molecular flexibility index (Phi) is 3.26. The molecule has 1 aliphatic rings. The number of nitrogens with two attached hydrogens (primary N) is 1. The summed E-state index contributed by atoms with van der Waals surface area (Å²) in [5, 5.41) is 4.37. The minimum atomic E-state index is -0.0812. The number of nitrogens with zero attached hydrogens (tertiary/aromatic N) is 2. The van der Waals surface area contributed by atoms with Crippen molar-refractivity contribution in [3.8, 4) is 5.75 Å². The Morgan fingerprint density at radius 1 is 1.35 bits per heavy atom. The summed E-state index contributed by atoms with van der Waals surface area (Å²) in [6, 6.07) is 10.5. The zero-order valence-electron chi connectivity index (χ0n) is 12.0. The molecule has 1 atom stereocenters. The van der Waals surface area contributed by atoms with Gasteiger partial charge in [-0.15, -0.1) is 0 Å². The van der Waals surface area contributed by atoms with Gasteiger partial charge in [0.2, 0.25) is 0 Å². The van der Waals surface area contributed by atoms with Crippen LogP contribution in [0.15, 0.2) is 36.5 Å². The molecule has 1 unspecified atom stereocenters. The van der Waals surface area contributed by atoms with E-state index >= 15 is 0 Å². The van der Waals surface area contributed by atoms with Crippen molar-refractivity contribution in [2.75, 3.05) is 7.11 Å². The standard InChI is InChI=1S/C16H21N3O/c1-3-19-14(13(20-2)11-18-19)15(17)16(9-10-16)12-7-5-4-6-8-12/h4-8,11,15H,3,9-10,17H2,1-2H3. The Balaban J connectivity index is 2.01. The molecule has 0 aliphatic heterocycles. The van der Waals surface area contributed by atoms with E-state index in [-0.39, 0.29) is 11.5 Å². The number of benzene rings is 1. The van der Waals surface area contributed by atoms with E-state index < -0.39 is 0 Å². The van der Waals surface area contributed by atoms with Crippen molar-refractivity contribution in [2.45, 2.75) is 37.8 Å². The van der Waals surface area contributed by atoms with Crippen LogP contribution in [0.4, 0.5) is 0 Å². The lowest BCUT2D eigenvalue weighted by Gasteiger charge is -2.25. The van der Waals surface area contributed by atoms with Gasteiger partial charge in [-0.05, 0) is 25.3 Å². The number of methoxy groups -OCH3 is 1. The first-order valence-electron chi connectivity index (χ1n) is 7.13. The highest BCUT2D eigenvalue weighted by atomic mass is 16.5. The molecule has 4 nitrogen and oxygen atoms in total. The van der Waals surface area contributed by atoms with Crippen LogP contribution in [0.5, 0.6) is 5.75 Å². The van der Waals surface area contributed by atoms with Gasteiger partial charge in [-0.3, -0.25) is 4.68 Å². The predicted octanol–water partition coefficient (Wildman–Crippen LogP) is 2.64. The van der Waals surface area contributed by atoms with Crippen LogP contribution in [0.1, 0.15) is 37.1 Å². The van der Waals surface area contributed by atoms with Gasteiger partial charge in [-0.1, -0.05) is 30.3 Å². The van der Waals surface area contributed by atoms with Crippen LogP contribution < -0.4 is 10.5 Å². The maximum absolute atomic E-state index is 6.62. The number of hydrogen-bond acceptors (Lipinski definition) is 3. The van der Waals surface area contributed by atoms with Gasteiger partial charge >= 0.3 is 0 Å². The lowest BCUT2D eigenvalue weighted by Crippen LogP contribution is -2.29. The molecule has 1 aromatic heterocycles. The Morgan fingerprint density at radius 3 is 2.60 bits per heavy atom. The smallest absolute Gasteiger partial charge is 0.161 e. The first-order chi connectivity index (χ1) is 9.73. The van der Waals surface area contributed by atoms with Gasteiger partial charge in [-0.25, -0.2) is 0 Å². The van der Waals surface area contributed by atoms with E-state index in [0.717, 1.165) is 30.8 Å². The molecule has 20 heavy (non-hydrogen) atoms. The second-order valence-corrected chi connectivity index (χ2v) is 5.41. The van der Waals surface area contributed by atoms with Crippen molar-refractivity contribution in [2.24, 2.45) is 5.73 Å². The molecule has 1 saturated carbocycles. The summed E-state index contributed by atoms with van der Waals surface area (Å²) in [5.74, 6) is 0.793. The second-order valence-electron chi connectivity index (χ2n) is 5.41. The average molecular weight is 271 g/mol. The number of rotatable bonds is 5. The molecule has 0 spiro atoms. The molecule has 0 saturated heterocycles. The predicted molar refractivity (Wildman–Crippen MR) is 78.7 cm³/mol. The van der Waals surface area contributed by atoms with Crippen LogP contribution in [-0.4, -0.2) is 16.9 Å². The highest BCUT2D eigenvalue weighted by molar-refractivity contribution is 5.40. The molecule has 2 N–H and O–H groups in total. The van der Waals surface area contributed by atoms with E-state index in [1.54, 1.807) is 13.3 Å². The Bertz CT molecular complexity index is 566. The molecule has 1 aliphatic carbocycles. The molecule has 0 amide bonds. The third-order valence-corrected chi connectivity index (χ3v) is 4.39. The second kappa shape index (κ2) is 4.94. The molecule has 1 aromatic carbocycles. The van der Waals surface area contributed by atoms with Gasteiger partial charge in [0.25, 0.3) is 0 Å². The number of aromatic nitrogens is 2. The fourth-order valence-corrected chi connectivity index (χ4v) is 3.05. The summed E-state index contributed by atoms with van der Waals surface area (Å²) in [4.78, 5) is 0. The van der Waals surface area contributed by atoms with Crippen LogP contribution in [0.3, 0.4) is 0 Å². The third kappa shape index (κ3) is 1.91. The van der Waals surface area contributed by atoms with Crippen LogP contribution in [0.2, 0.25) is 0 Å². The summed E-state index contributed by atoms with van der Waals surface area (Å²) in [7, 11) is 1.68. The highest BCUT2D eigenvalue weighted by Gasteiger charge is 2.51. The number of hydrogen-bond donors (Lipinski definition) is 1. The lowest BCUT2D eigenvalue weighted by molar-refractivity contribution is 0.390. The minimum absolute atomic E-state index is 0.0431. The number of ether oxygens (including phenoxy) is 1. The largest absolute Gasteiger partial charge is 0.493 e. The van der Waals surface area contributed by atoms with E-state index in [9.17, 15) is 0 Å². The summed E-state index contributed by atoms with van der Waals surface area (Å²) in [6.07, 6.45) is 4.01. The highest BCUT2D eigenvalue weighted by Crippen LogP contribution is 2.56. The maximum atomic E-state index is 6.62. The fraction of sp³-hybridized carbons (Fsp3) is 0.438. The number of aryl methyl sites for hydroxylation is 1. The Hall–Kier alpha value is -1.81. The van der Waals surface area contributed by atoms with Crippen molar-refractivity contribution in [3.63, 3.8) is 0 Å². The van der Waals surface area contributed by atoms with E-state index in [0.29, 0.717) is 0 Å². The van der Waals surface area contributed by atoms with Crippen LogP contribution in [0.25, 0.3) is 0 Å². The maximum Gasteiger partial charge on any atom is 0.161 e. The molecule has 0 radical (unpaired) electrons. The van der Waals surface area contributed by atoms with Crippen molar-refractivity contribution < 1.29 is 4.74 Å².